The molecule has 2 rings (SSSR count). The average molecular weight is 328 g/mol. The lowest BCUT2D eigenvalue weighted by molar-refractivity contribution is 0.425. The van der Waals surface area contributed by atoms with Crippen molar-refractivity contribution in [2.24, 2.45) is 0 Å². The number of halogens is 1. The first-order valence-electron chi connectivity index (χ1n) is 5.72. The molecule has 0 unspecified atom stereocenters. The van der Waals surface area contributed by atoms with E-state index in [0.717, 1.165) is 17.4 Å². The quantitative estimate of drug-likeness (QED) is 0.814. The number of thioether (sulfide) groups is 1. The fourth-order valence-corrected chi connectivity index (χ4v) is 2.30. The highest BCUT2D eigenvalue weighted by molar-refractivity contribution is 9.10. The summed E-state index contributed by atoms with van der Waals surface area (Å²) in [5.41, 5.74) is 0. The molecule has 1 N–H and O–H groups in total. The monoisotopic (exact) mass is 327 g/mol. The molecule has 0 aliphatic heterocycles. The molecule has 96 valence electrons. The Bertz CT molecular complexity index is 486. The van der Waals surface area contributed by atoms with Gasteiger partial charge in [0, 0.05) is 15.9 Å². The van der Waals surface area contributed by atoms with Gasteiger partial charge in [-0.2, -0.15) is 4.98 Å². The van der Waals surface area contributed by atoms with Gasteiger partial charge in [-0.05, 0) is 30.7 Å². The number of rotatable bonds is 6. The van der Waals surface area contributed by atoms with Crippen LogP contribution in [-0.2, 0) is 5.75 Å². The molecule has 0 aliphatic rings. The number of aromatic nitrogens is 2. The molecule has 1 aromatic heterocycles. The highest BCUT2D eigenvalue weighted by Gasteiger charge is 2.05. The van der Waals surface area contributed by atoms with Gasteiger partial charge in [0.1, 0.15) is 0 Å². The predicted octanol–water partition coefficient (Wildman–Crippen LogP) is 3.95. The predicted molar refractivity (Wildman–Crippen MR) is 76.8 cm³/mol. The van der Waals surface area contributed by atoms with Gasteiger partial charge in [0.15, 0.2) is 5.82 Å². The minimum atomic E-state index is 0.503. The van der Waals surface area contributed by atoms with Crippen molar-refractivity contribution < 1.29 is 4.52 Å². The van der Waals surface area contributed by atoms with Crippen LogP contribution >= 0.6 is 27.7 Å². The molecule has 2 aromatic rings. The highest BCUT2D eigenvalue weighted by Crippen LogP contribution is 2.23. The molecule has 6 heteroatoms. The van der Waals surface area contributed by atoms with E-state index in [0.29, 0.717) is 17.6 Å². The molecule has 4 nitrogen and oxygen atoms in total. The Hall–Kier alpha value is -1.01. The SMILES string of the molecule is CCCNc1nc(CSc2ccc(Br)cc2)no1. The van der Waals surface area contributed by atoms with E-state index in [1.807, 2.05) is 12.1 Å². The first-order valence-corrected chi connectivity index (χ1v) is 7.50. The molecule has 0 amide bonds. The fraction of sp³-hybridized carbons (Fsp3) is 0.333. The van der Waals surface area contributed by atoms with Crippen LogP contribution < -0.4 is 5.32 Å². The normalized spacial score (nSPS) is 10.6. The molecule has 0 bridgehead atoms. The van der Waals surface area contributed by atoms with Gasteiger partial charge in [0.2, 0.25) is 0 Å². The third kappa shape index (κ3) is 4.03. The second kappa shape index (κ2) is 6.80. The van der Waals surface area contributed by atoms with E-state index in [4.69, 9.17) is 4.52 Å². The maximum Gasteiger partial charge on any atom is 0.321 e. The Morgan fingerprint density at radius 3 is 2.83 bits per heavy atom. The summed E-state index contributed by atoms with van der Waals surface area (Å²) in [5, 5.41) is 6.99. The number of nitrogens with zero attached hydrogens (tertiary/aromatic N) is 2. The van der Waals surface area contributed by atoms with E-state index in [-0.39, 0.29) is 0 Å². The van der Waals surface area contributed by atoms with Crippen molar-refractivity contribution in [3.05, 3.63) is 34.6 Å². The van der Waals surface area contributed by atoms with E-state index in [2.05, 4.69) is 50.4 Å². The van der Waals surface area contributed by atoms with E-state index < -0.39 is 0 Å². The van der Waals surface area contributed by atoms with Gasteiger partial charge < -0.3 is 9.84 Å². The van der Waals surface area contributed by atoms with E-state index in [1.54, 1.807) is 11.8 Å². The molecule has 0 radical (unpaired) electrons. The summed E-state index contributed by atoms with van der Waals surface area (Å²) in [7, 11) is 0. The summed E-state index contributed by atoms with van der Waals surface area (Å²) >= 11 is 5.10. The van der Waals surface area contributed by atoms with Gasteiger partial charge in [0.05, 0.1) is 5.75 Å². The first kappa shape index (κ1) is 13.4. The zero-order chi connectivity index (χ0) is 12.8. The second-order valence-electron chi connectivity index (χ2n) is 3.69. The lowest BCUT2D eigenvalue weighted by atomic mass is 10.4. The largest absolute Gasteiger partial charge is 0.338 e. The topological polar surface area (TPSA) is 51.0 Å². The maximum atomic E-state index is 5.08. The van der Waals surface area contributed by atoms with Crippen LogP contribution in [0.15, 0.2) is 38.2 Å². The van der Waals surface area contributed by atoms with Gasteiger partial charge in [0.25, 0.3) is 0 Å². The maximum absolute atomic E-state index is 5.08. The van der Waals surface area contributed by atoms with Crippen molar-refractivity contribution in [3.8, 4) is 0 Å². The van der Waals surface area contributed by atoms with Crippen molar-refractivity contribution in [1.82, 2.24) is 10.1 Å². The molecule has 0 aliphatic carbocycles. The number of benzene rings is 1. The van der Waals surface area contributed by atoms with Crippen LogP contribution in [0.5, 0.6) is 0 Å². The lowest BCUT2D eigenvalue weighted by Crippen LogP contribution is -1.99. The highest BCUT2D eigenvalue weighted by atomic mass is 79.9. The molecule has 0 fully saturated rings. The van der Waals surface area contributed by atoms with Crippen molar-refractivity contribution >= 4 is 33.7 Å². The Balaban J connectivity index is 1.86. The Morgan fingerprint density at radius 2 is 2.11 bits per heavy atom. The van der Waals surface area contributed by atoms with Crippen LogP contribution in [0.4, 0.5) is 6.01 Å². The van der Waals surface area contributed by atoms with Crippen LogP contribution in [0.3, 0.4) is 0 Å². The van der Waals surface area contributed by atoms with E-state index in [9.17, 15) is 0 Å². The third-order valence-electron chi connectivity index (χ3n) is 2.18. The minimum Gasteiger partial charge on any atom is -0.338 e. The van der Waals surface area contributed by atoms with Crippen molar-refractivity contribution in [2.45, 2.75) is 24.0 Å². The number of hydrogen-bond acceptors (Lipinski definition) is 5. The molecular weight excluding hydrogens is 314 g/mol. The Labute approximate surface area is 119 Å². The summed E-state index contributed by atoms with van der Waals surface area (Å²) in [4.78, 5) is 5.45. The standard InChI is InChI=1S/C12H14BrN3OS/c1-2-7-14-12-15-11(16-17-12)8-18-10-5-3-9(13)4-6-10/h3-6H,2,7-8H2,1H3,(H,14,15,16). The number of anilines is 1. The van der Waals surface area contributed by atoms with Crippen molar-refractivity contribution in [2.75, 3.05) is 11.9 Å². The van der Waals surface area contributed by atoms with E-state index in [1.165, 1.54) is 4.90 Å². The van der Waals surface area contributed by atoms with Crippen LogP contribution in [0, 0.1) is 0 Å². The Kier molecular flexibility index (Phi) is 5.07. The molecule has 0 saturated heterocycles. The van der Waals surface area contributed by atoms with Crippen LogP contribution in [0.1, 0.15) is 19.2 Å². The molecule has 0 atom stereocenters. The Morgan fingerprint density at radius 1 is 1.33 bits per heavy atom. The van der Waals surface area contributed by atoms with Gasteiger partial charge >= 0.3 is 6.01 Å². The van der Waals surface area contributed by atoms with Gasteiger partial charge in [-0.15, -0.1) is 11.8 Å². The molecule has 18 heavy (non-hydrogen) atoms. The lowest BCUT2D eigenvalue weighted by Gasteiger charge is -1.98. The smallest absolute Gasteiger partial charge is 0.321 e. The van der Waals surface area contributed by atoms with Crippen molar-refractivity contribution in [1.29, 1.82) is 0 Å². The molecular formula is C12H14BrN3OS. The average Bonchev–Trinajstić information content (AvgIpc) is 2.84. The van der Waals surface area contributed by atoms with Crippen LogP contribution in [0.25, 0.3) is 0 Å². The molecule has 0 spiro atoms. The first-order chi connectivity index (χ1) is 8.78. The second-order valence-corrected chi connectivity index (χ2v) is 5.65. The minimum absolute atomic E-state index is 0.503. The fourth-order valence-electron chi connectivity index (χ4n) is 1.30. The van der Waals surface area contributed by atoms with Gasteiger partial charge in [-0.1, -0.05) is 28.0 Å². The summed E-state index contributed by atoms with van der Waals surface area (Å²) < 4.78 is 6.16. The van der Waals surface area contributed by atoms with Crippen molar-refractivity contribution in [3.63, 3.8) is 0 Å². The summed E-state index contributed by atoms with van der Waals surface area (Å²) in [5.74, 6) is 1.42. The van der Waals surface area contributed by atoms with Gasteiger partial charge in [-0.3, -0.25) is 0 Å². The molecule has 0 saturated carbocycles. The third-order valence-corrected chi connectivity index (χ3v) is 3.71. The summed E-state index contributed by atoms with van der Waals surface area (Å²) in [6.07, 6.45) is 1.03. The van der Waals surface area contributed by atoms with Crippen LogP contribution in [-0.4, -0.2) is 16.7 Å². The van der Waals surface area contributed by atoms with Gasteiger partial charge in [-0.25, -0.2) is 0 Å². The van der Waals surface area contributed by atoms with Crippen LogP contribution in [0.2, 0.25) is 0 Å². The zero-order valence-electron chi connectivity index (χ0n) is 10.0. The zero-order valence-corrected chi connectivity index (χ0v) is 12.4. The molecule has 1 aromatic carbocycles. The summed E-state index contributed by atoms with van der Waals surface area (Å²) in [6.45, 7) is 2.94. The number of hydrogen-bond donors (Lipinski definition) is 1. The number of nitrogens with one attached hydrogen (secondary N) is 1. The molecule has 1 heterocycles. The summed E-state index contributed by atoms with van der Waals surface area (Å²) in [6, 6.07) is 8.67. The van der Waals surface area contributed by atoms with E-state index >= 15 is 0 Å².